The Hall–Kier alpha value is -0.900. The lowest BCUT2D eigenvalue weighted by Crippen LogP contribution is -2.48. The second kappa shape index (κ2) is 9.19. The van der Waals surface area contributed by atoms with Crippen LogP contribution in [0.4, 0.5) is 0 Å². The van der Waals surface area contributed by atoms with Gasteiger partial charge < -0.3 is 15.7 Å². The molecule has 118 valence electrons. The molecule has 0 bridgehead atoms. The first kappa shape index (κ1) is 16.5. The molecule has 3 N–H and O–H groups in total. The highest BCUT2D eigenvalue weighted by atomic mass is 16.3. The van der Waals surface area contributed by atoms with Gasteiger partial charge in [0, 0.05) is 12.1 Å². The summed E-state index contributed by atoms with van der Waals surface area (Å²) in [7, 11) is 0. The van der Waals surface area contributed by atoms with E-state index in [1.807, 2.05) is 18.2 Å². The minimum atomic E-state index is 0.0419. The Morgan fingerprint density at radius 3 is 2.81 bits per heavy atom. The van der Waals surface area contributed by atoms with E-state index in [0.717, 1.165) is 6.54 Å². The lowest BCUT2D eigenvalue weighted by molar-refractivity contribution is 0.217. The minimum absolute atomic E-state index is 0.0419. The van der Waals surface area contributed by atoms with Crippen molar-refractivity contribution in [3.63, 3.8) is 0 Å². The highest BCUT2D eigenvalue weighted by Gasteiger charge is 2.25. The fourth-order valence-corrected chi connectivity index (χ4v) is 3.25. The Kier molecular flexibility index (Phi) is 7.20. The van der Waals surface area contributed by atoms with Crippen molar-refractivity contribution >= 4 is 0 Å². The van der Waals surface area contributed by atoms with Crippen molar-refractivity contribution in [1.29, 1.82) is 0 Å². The summed E-state index contributed by atoms with van der Waals surface area (Å²) in [5, 5.41) is 17.2. The van der Waals surface area contributed by atoms with Crippen LogP contribution in [0.1, 0.15) is 57.1 Å². The van der Waals surface area contributed by atoms with E-state index in [0.29, 0.717) is 12.1 Å². The number of hydrogen-bond acceptors (Lipinski definition) is 3. The molecular formula is C18H30N2O. The average Bonchev–Trinajstić information content (AvgIpc) is 2.76. The number of aliphatic hydroxyl groups is 1. The molecule has 0 aliphatic carbocycles. The van der Waals surface area contributed by atoms with Crippen molar-refractivity contribution in [1.82, 2.24) is 10.6 Å². The molecule has 1 aliphatic rings. The largest absolute Gasteiger partial charge is 0.394 e. The van der Waals surface area contributed by atoms with E-state index in [9.17, 15) is 5.11 Å². The number of aliphatic hydroxyl groups excluding tert-OH is 1. The third-order valence-corrected chi connectivity index (χ3v) is 4.50. The summed E-state index contributed by atoms with van der Waals surface area (Å²) >= 11 is 0. The predicted molar refractivity (Wildman–Crippen MR) is 88.4 cm³/mol. The summed E-state index contributed by atoms with van der Waals surface area (Å²) < 4.78 is 0. The zero-order chi connectivity index (χ0) is 14.9. The van der Waals surface area contributed by atoms with Crippen LogP contribution in [0.25, 0.3) is 0 Å². The molecule has 3 atom stereocenters. The molecule has 1 aromatic rings. The van der Waals surface area contributed by atoms with Gasteiger partial charge in [-0.15, -0.1) is 0 Å². The summed E-state index contributed by atoms with van der Waals surface area (Å²) in [6.07, 6.45) is 7.46. The maximum Gasteiger partial charge on any atom is 0.0626 e. The summed E-state index contributed by atoms with van der Waals surface area (Å²) in [6.45, 7) is 3.53. The third kappa shape index (κ3) is 5.10. The average molecular weight is 290 g/mol. The molecule has 1 fully saturated rings. The van der Waals surface area contributed by atoms with Gasteiger partial charge in [0.2, 0.25) is 0 Å². The second-order valence-electron chi connectivity index (χ2n) is 6.12. The Bertz CT molecular complexity index is 382. The molecule has 1 aliphatic heterocycles. The molecule has 1 saturated heterocycles. The molecule has 3 heteroatoms. The maximum absolute atomic E-state index is 9.76. The minimum Gasteiger partial charge on any atom is -0.394 e. The van der Waals surface area contributed by atoms with Gasteiger partial charge in [0.1, 0.15) is 0 Å². The fourth-order valence-electron chi connectivity index (χ4n) is 3.25. The first-order valence-electron chi connectivity index (χ1n) is 8.50. The van der Waals surface area contributed by atoms with Gasteiger partial charge in [-0.2, -0.15) is 0 Å². The molecule has 0 unspecified atom stereocenters. The number of nitrogens with one attached hydrogen (secondary N) is 2. The maximum atomic E-state index is 9.76. The zero-order valence-electron chi connectivity index (χ0n) is 13.2. The van der Waals surface area contributed by atoms with Crippen molar-refractivity contribution < 1.29 is 5.11 Å². The standard InChI is InChI=1S/C18H30N2O/c1-2-3-11-16-17(12-7-8-13-19-16)20-18(14-21)15-9-5-4-6-10-15/h4-6,9-10,16-21H,2-3,7-8,11-14H2,1H3/t16-,17+,18+/m1/s1. The molecule has 0 aromatic heterocycles. The van der Waals surface area contributed by atoms with Crippen LogP contribution in [0.2, 0.25) is 0 Å². The Labute approximate surface area is 129 Å². The van der Waals surface area contributed by atoms with E-state index in [2.05, 4.69) is 29.7 Å². The topological polar surface area (TPSA) is 44.3 Å². The number of unbranched alkanes of at least 4 members (excludes halogenated alkanes) is 1. The van der Waals surface area contributed by atoms with Crippen LogP contribution in [-0.2, 0) is 0 Å². The molecule has 0 saturated carbocycles. The van der Waals surface area contributed by atoms with Gasteiger partial charge in [0.15, 0.2) is 0 Å². The van der Waals surface area contributed by atoms with Crippen molar-refractivity contribution in [2.24, 2.45) is 0 Å². The molecule has 0 amide bonds. The van der Waals surface area contributed by atoms with Gasteiger partial charge in [-0.25, -0.2) is 0 Å². The lowest BCUT2D eigenvalue weighted by Gasteiger charge is -2.31. The van der Waals surface area contributed by atoms with Crippen LogP contribution >= 0.6 is 0 Å². The van der Waals surface area contributed by atoms with E-state index >= 15 is 0 Å². The zero-order valence-corrected chi connectivity index (χ0v) is 13.2. The van der Waals surface area contributed by atoms with Gasteiger partial charge in [0.05, 0.1) is 12.6 Å². The van der Waals surface area contributed by atoms with Crippen molar-refractivity contribution in [2.75, 3.05) is 13.2 Å². The monoisotopic (exact) mass is 290 g/mol. The van der Waals surface area contributed by atoms with Crippen LogP contribution < -0.4 is 10.6 Å². The van der Waals surface area contributed by atoms with Crippen molar-refractivity contribution in [2.45, 2.75) is 63.6 Å². The van der Waals surface area contributed by atoms with Crippen LogP contribution in [0.15, 0.2) is 30.3 Å². The Morgan fingerprint density at radius 1 is 1.29 bits per heavy atom. The Morgan fingerprint density at radius 2 is 2.10 bits per heavy atom. The molecule has 0 spiro atoms. The summed E-state index contributed by atoms with van der Waals surface area (Å²) in [6, 6.07) is 11.3. The quantitative estimate of drug-likeness (QED) is 0.723. The van der Waals surface area contributed by atoms with E-state index in [4.69, 9.17) is 0 Å². The molecule has 3 nitrogen and oxygen atoms in total. The third-order valence-electron chi connectivity index (χ3n) is 4.50. The first-order valence-corrected chi connectivity index (χ1v) is 8.50. The summed E-state index contributed by atoms with van der Waals surface area (Å²) in [5.41, 5.74) is 1.18. The SMILES string of the molecule is CCCC[C@H]1NCCCC[C@@H]1N[C@@H](CO)c1ccccc1. The van der Waals surface area contributed by atoms with Gasteiger partial charge in [-0.05, 0) is 31.4 Å². The second-order valence-corrected chi connectivity index (χ2v) is 6.12. The van der Waals surface area contributed by atoms with Crippen LogP contribution in [0, 0.1) is 0 Å². The summed E-state index contributed by atoms with van der Waals surface area (Å²) in [4.78, 5) is 0. The highest BCUT2D eigenvalue weighted by Crippen LogP contribution is 2.19. The van der Waals surface area contributed by atoms with Gasteiger partial charge >= 0.3 is 0 Å². The Balaban J connectivity index is 2.01. The van der Waals surface area contributed by atoms with E-state index in [1.165, 1.54) is 44.1 Å². The van der Waals surface area contributed by atoms with E-state index in [-0.39, 0.29) is 12.6 Å². The van der Waals surface area contributed by atoms with Gasteiger partial charge in [-0.3, -0.25) is 0 Å². The smallest absolute Gasteiger partial charge is 0.0626 e. The molecule has 0 radical (unpaired) electrons. The van der Waals surface area contributed by atoms with Crippen LogP contribution in [-0.4, -0.2) is 30.3 Å². The van der Waals surface area contributed by atoms with Crippen molar-refractivity contribution in [3.8, 4) is 0 Å². The molecule has 1 aromatic carbocycles. The van der Waals surface area contributed by atoms with Crippen LogP contribution in [0.5, 0.6) is 0 Å². The number of rotatable bonds is 7. The number of hydrogen-bond donors (Lipinski definition) is 3. The molecule has 21 heavy (non-hydrogen) atoms. The van der Waals surface area contributed by atoms with E-state index < -0.39 is 0 Å². The molecule has 1 heterocycles. The number of benzene rings is 1. The predicted octanol–water partition coefficient (Wildman–Crippen LogP) is 3.01. The van der Waals surface area contributed by atoms with Crippen molar-refractivity contribution in [3.05, 3.63) is 35.9 Å². The van der Waals surface area contributed by atoms with Crippen LogP contribution in [0.3, 0.4) is 0 Å². The van der Waals surface area contributed by atoms with E-state index in [1.54, 1.807) is 0 Å². The van der Waals surface area contributed by atoms with Gasteiger partial charge in [0.25, 0.3) is 0 Å². The molecule has 2 rings (SSSR count). The lowest BCUT2D eigenvalue weighted by atomic mass is 9.96. The highest BCUT2D eigenvalue weighted by molar-refractivity contribution is 5.19. The molecular weight excluding hydrogens is 260 g/mol. The summed E-state index contributed by atoms with van der Waals surface area (Å²) in [5.74, 6) is 0. The first-order chi connectivity index (χ1) is 10.3. The normalized spacial score (nSPS) is 24.5. The fraction of sp³-hybridized carbons (Fsp3) is 0.667. The van der Waals surface area contributed by atoms with Gasteiger partial charge in [-0.1, -0.05) is 56.5 Å².